The largest absolute Gasteiger partial charge is 0.379 e. The molecular formula is C11H16N2O3. The van der Waals surface area contributed by atoms with E-state index in [9.17, 15) is 9.59 Å². The fourth-order valence-corrected chi connectivity index (χ4v) is 2.93. The molecule has 3 amide bonds. The lowest BCUT2D eigenvalue weighted by molar-refractivity contribution is -0.134. The number of carbonyl (C=O) groups is 2. The van der Waals surface area contributed by atoms with Crippen molar-refractivity contribution in [2.75, 3.05) is 19.8 Å². The number of amides is 3. The summed E-state index contributed by atoms with van der Waals surface area (Å²) < 4.78 is 5.25. The van der Waals surface area contributed by atoms with Gasteiger partial charge in [-0.25, -0.2) is 4.79 Å². The first kappa shape index (κ1) is 10.1. The zero-order valence-corrected chi connectivity index (χ0v) is 9.22. The fourth-order valence-electron chi connectivity index (χ4n) is 2.93. The predicted octanol–water partition coefficient (Wildman–Crippen LogP) is 0.592. The van der Waals surface area contributed by atoms with Crippen LogP contribution in [0.15, 0.2) is 0 Å². The van der Waals surface area contributed by atoms with Crippen molar-refractivity contribution < 1.29 is 14.3 Å². The van der Waals surface area contributed by atoms with E-state index in [0.29, 0.717) is 19.6 Å². The molecular weight excluding hydrogens is 208 g/mol. The highest BCUT2D eigenvalue weighted by molar-refractivity contribution is 5.98. The van der Waals surface area contributed by atoms with Crippen molar-refractivity contribution >= 4 is 11.9 Å². The molecule has 0 aliphatic carbocycles. The zero-order chi connectivity index (χ0) is 11.1. The Morgan fingerprint density at radius 3 is 2.81 bits per heavy atom. The monoisotopic (exact) mass is 224 g/mol. The topological polar surface area (TPSA) is 49.9 Å². The van der Waals surface area contributed by atoms with Gasteiger partial charge in [0.25, 0.3) is 0 Å². The summed E-state index contributed by atoms with van der Waals surface area (Å²) in [5.74, 6) is -0.0105. The smallest absolute Gasteiger partial charge is 0.327 e. The number of hydrogen-bond donors (Lipinski definition) is 0. The molecule has 16 heavy (non-hydrogen) atoms. The minimum Gasteiger partial charge on any atom is -0.379 e. The van der Waals surface area contributed by atoms with Crippen LogP contribution in [-0.2, 0) is 9.53 Å². The van der Waals surface area contributed by atoms with Crippen molar-refractivity contribution in [3.05, 3.63) is 0 Å². The van der Waals surface area contributed by atoms with Gasteiger partial charge in [-0.2, -0.15) is 0 Å². The maximum atomic E-state index is 12.2. The van der Waals surface area contributed by atoms with Crippen molar-refractivity contribution in [1.29, 1.82) is 0 Å². The highest BCUT2D eigenvalue weighted by atomic mass is 16.5. The number of rotatable bonds is 1. The molecule has 88 valence electrons. The standard InChI is InChI=1S/C11H16N2O3/c14-10-6-8-2-1-4-12(8)11(15)13(10)9-3-5-16-7-9/h8-9H,1-7H2. The molecule has 3 rings (SSSR count). The lowest BCUT2D eigenvalue weighted by Crippen LogP contribution is -2.58. The second-order valence-electron chi connectivity index (χ2n) is 4.76. The molecule has 3 fully saturated rings. The second-order valence-corrected chi connectivity index (χ2v) is 4.76. The molecule has 5 nitrogen and oxygen atoms in total. The lowest BCUT2D eigenvalue weighted by Gasteiger charge is -2.38. The Hall–Kier alpha value is -1.10. The molecule has 2 unspecified atom stereocenters. The van der Waals surface area contributed by atoms with Crippen LogP contribution in [0.4, 0.5) is 4.79 Å². The van der Waals surface area contributed by atoms with Gasteiger partial charge in [-0.1, -0.05) is 0 Å². The first-order chi connectivity index (χ1) is 7.77. The minimum atomic E-state index is -0.0887. The maximum Gasteiger partial charge on any atom is 0.327 e. The number of nitrogens with zero attached hydrogens (tertiary/aromatic N) is 2. The van der Waals surface area contributed by atoms with Crippen molar-refractivity contribution in [3.8, 4) is 0 Å². The Balaban J connectivity index is 1.81. The Morgan fingerprint density at radius 1 is 1.19 bits per heavy atom. The number of fused-ring (bicyclic) bond motifs is 1. The van der Waals surface area contributed by atoms with Crippen molar-refractivity contribution in [1.82, 2.24) is 9.80 Å². The van der Waals surface area contributed by atoms with Crippen molar-refractivity contribution in [3.63, 3.8) is 0 Å². The van der Waals surface area contributed by atoms with Crippen LogP contribution in [0.5, 0.6) is 0 Å². The molecule has 3 heterocycles. The molecule has 0 aromatic rings. The molecule has 0 aromatic carbocycles. The van der Waals surface area contributed by atoms with Crippen molar-refractivity contribution in [2.45, 2.75) is 37.8 Å². The summed E-state index contributed by atoms with van der Waals surface area (Å²) in [6.07, 6.45) is 3.30. The van der Waals surface area contributed by atoms with Crippen LogP contribution in [0, 0.1) is 0 Å². The van der Waals surface area contributed by atoms with Gasteiger partial charge < -0.3 is 9.64 Å². The highest BCUT2D eigenvalue weighted by Gasteiger charge is 2.44. The summed E-state index contributed by atoms with van der Waals surface area (Å²) in [7, 11) is 0. The van der Waals surface area contributed by atoms with Gasteiger partial charge in [0.2, 0.25) is 5.91 Å². The molecule has 0 radical (unpaired) electrons. The molecule has 0 spiro atoms. The quantitative estimate of drug-likeness (QED) is 0.655. The molecule has 0 aromatic heterocycles. The predicted molar refractivity (Wildman–Crippen MR) is 55.8 cm³/mol. The molecule has 3 saturated heterocycles. The van der Waals surface area contributed by atoms with Gasteiger partial charge in [0.1, 0.15) is 0 Å². The van der Waals surface area contributed by atoms with E-state index >= 15 is 0 Å². The van der Waals surface area contributed by atoms with Crippen LogP contribution in [0.25, 0.3) is 0 Å². The SMILES string of the molecule is O=C1CC2CCCN2C(=O)N1C1CCOC1. The number of carbonyl (C=O) groups excluding carboxylic acids is 2. The molecule has 3 aliphatic heterocycles. The van der Waals surface area contributed by atoms with E-state index in [-0.39, 0.29) is 24.0 Å². The summed E-state index contributed by atoms with van der Waals surface area (Å²) in [6.45, 7) is 1.97. The Labute approximate surface area is 94.3 Å². The molecule has 5 heteroatoms. The van der Waals surface area contributed by atoms with Crippen LogP contribution in [0.2, 0.25) is 0 Å². The molecule has 2 atom stereocenters. The number of urea groups is 1. The molecule has 0 N–H and O–H groups in total. The Bertz CT molecular complexity index is 325. The number of ether oxygens (including phenoxy) is 1. The lowest BCUT2D eigenvalue weighted by atomic mass is 10.1. The van der Waals surface area contributed by atoms with Gasteiger partial charge in [-0.15, -0.1) is 0 Å². The summed E-state index contributed by atoms with van der Waals surface area (Å²) in [5.41, 5.74) is 0. The minimum absolute atomic E-state index is 0.0105. The summed E-state index contributed by atoms with van der Waals surface area (Å²) in [6, 6.07) is 0.0503. The van der Waals surface area contributed by atoms with Gasteiger partial charge >= 0.3 is 6.03 Å². The van der Waals surface area contributed by atoms with Gasteiger partial charge in [0.15, 0.2) is 0 Å². The Morgan fingerprint density at radius 2 is 2.06 bits per heavy atom. The van der Waals surface area contributed by atoms with Crippen LogP contribution in [-0.4, -0.2) is 53.6 Å². The maximum absolute atomic E-state index is 12.2. The first-order valence-electron chi connectivity index (χ1n) is 5.98. The van der Waals surface area contributed by atoms with E-state index in [1.54, 1.807) is 0 Å². The Kier molecular flexibility index (Phi) is 2.35. The number of imide groups is 1. The average Bonchev–Trinajstić information content (AvgIpc) is 2.87. The van der Waals surface area contributed by atoms with Gasteiger partial charge in [-0.3, -0.25) is 9.69 Å². The average molecular weight is 224 g/mol. The second kappa shape index (κ2) is 3.73. The van der Waals surface area contributed by atoms with Crippen LogP contribution in [0.3, 0.4) is 0 Å². The normalized spacial score (nSPS) is 34.8. The molecule has 0 bridgehead atoms. The number of hydrogen-bond acceptors (Lipinski definition) is 3. The van der Waals surface area contributed by atoms with Crippen LogP contribution >= 0.6 is 0 Å². The van der Waals surface area contributed by atoms with Crippen LogP contribution < -0.4 is 0 Å². The van der Waals surface area contributed by atoms with E-state index in [4.69, 9.17) is 4.74 Å². The third kappa shape index (κ3) is 1.42. The summed E-state index contributed by atoms with van der Waals surface area (Å²) >= 11 is 0. The third-order valence-electron chi connectivity index (χ3n) is 3.78. The fraction of sp³-hybridized carbons (Fsp3) is 0.818. The van der Waals surface area contributed by atoms with E-state index in [2.05, 4.69) is 0 Å². The van der Waals surface area contributed by atoms with Crippen LogP contribution in [0.1, 0.15) is 25.7 Å². The zero-order valence-electron chi connectivity index (χ0n) is 9.22. The van der Waals surface area contributed by atoms with E-state index in [1.165, 1.54) is 4.90 Å². The summed E-state index contributed by atoms with van der Waals surface area (Å²) in [5, 5.41) is 0. The van der Waals surface area contributed by atoms with Gasteiger partial charge in [0, 0.05) is 25.6 Å². The first-order valence-corrected chi connectivity index (χ1v) is 5.98. The van der Waals surface area contributed by atoms with E-state index < -0.39 is 0 Å². The molecule has 0 saturated carbocycles. The highest BCUT2D eigenvalue weighted by Crippen LogP contribution is 2.29. The van der Waals surface area contributed by atoms with Crippen molar-refractivity contribution in [2.24, 2.45) is 0 Å². The van der Waals surface area contributed by atoms with E-state index in [1.807, 2.05) is 4.90 Å². The van der Waals surface area contributed by atoms with Gasteiger partial charge in [0.05, 0.1) is 12.6 Å². The van der Waals surface area contributed by atoms with E-state index in [0.717, 1.165) is 25.8 Å². The summed E-state index contributed by atoms with van der Waals surface area (Å²) in [4.78, 5) is 27.4. The third-order valence-corrected chi connectivity index (χ3v) is 3.78. The molecule has 3 aliphatic rings. The van der Waals surface area contributed by atoms with Gasteiger partial charge in [-0.05, 0) is 19.3 Å².